The number of rotatable bonds is 3. The molecule has 5 heteroatoms. The molecular formula is C11H14N2O3. The smallest absolute Gasteiger partial charge is 0.290 e. The van der Waals surface area contributed by atoms with Gasteiger partial charge in [-0.25, -0.2) is 4.99 Å². The first-order valence-electron chi connectivity index (χ1n) is 5.02. The molecule has 2 rings (SSSR count). The van der Waals surface area contributed by atoms with Crippen LogP contribution in [0.1, 0.15) is 0 Å². The van der Waals surface area contributed by atoms with Crippen LogP contribution >= 0.6 is 0 Å². The summed E-state index contributed by atoms with van der Waals surface area (Å²) >= 11 is 0. The number of ether oxygens (including phenoxy) is 3. The largest absolute Gasteiger partial charge is 0.493 e. The van der Waals surface area contributed by atoms with E-state index in [-0.39, 0.29) is 0 Å². The summed E-state index contributed by atoms with van der Waals surface area (Å²) in [4.78, 5) is 4.15. The molecule has 86 valence electrons. The quantitative estimate of drug-likeness (QED) is 0.830. The second-order valence-electron chi connectivity index (χ2n) is 3.21. The summed E-state index contributed by atoms with van der Waals surface area (Å²) in [7, 11) is 3.18. The maximum absolute atomic E-state index is 5.61. The Morgan fingerprint density at radius 1 is 1.19 bits per heavy atom. The standard InChI is InChI=1S/C11H14N2O3/c1-14-8-4-3-5-9(15-2)10(8)16-11-12-6-7-13-11/h3-5H,6-7H2,1-2H3,(H,12,13). The molecule has 0 saturated heterocycles. The van der Waals surface area contributed by atoms with Crippen molar-refractivity contribution in [2.24, 2.45) is 4.99 Å². The normalized spacial score (nSPS) is 14.0. The third-order valence-corrected chi connectivity index (χ3v) is 2.22. The first-order chi connectivity index (χ1) is 7.85. The zero-order chi connectivity index (χ0) is 11.4. The summed E-state index contributed by atoms with van der Waals surface area (Å²) in [6.07, 6.45) is 0. The number of methoxy groups -OCH3 is 2. The van der Waals surface area contributed by atoms with Gasteiger partial charge in [0.05, 0.1) is 20.8 Å². The highest BCUT2D eigenvalue weighted by Crippen LogP contribution is 2.36. The minimum Gasteiger partial charge on any atom is -0.493 e. The van der Waals surface area contributed by atoms with Gasteiger partial charge in [-0.05, 0) is 12.1 Å². The van der Waals surface area contributed by atoms with Gasteiger partial charge in [0.1, 0.15) is 0 Å². The lowest BCUT2D eigenvalue weighted by Crippen LogP contribution is -2.24. The molecule has 16 heavy (non-hydrogen) atoms. The van der Waals surface area contributed by atoms with Gasteiger partial charge in [-0.1, -0.05) is 6.07 Å². The third kappa shape index (κ3) is 2.03. The summed E-state index contributed by atoms with van der Waals surface area (Å²) in [5.74, 6) is 1.78. The molecule has 0 saturated carbocycles. The summed E-state index contributed by atoms with van der Waals surface area (Å²) in [6, 6.07) is 5.97. The van der Waals surface area contributed by atoms with Gasteiger partial charge >= 0.3 is 0 Å². The Balaban J connectivity index is 2.28. The second-order valence-corrected chi connectivity index (χ2v) is 3.21. The predicted octanol–water partition coefficient (Wildman–Crippen LogP) is 1.04. The van der Waals surface area contributed by atoms with E-state index in [1.54, 1.807) is 14.2 Å². The average molecular weight is 222 g/mol. The lowest BCUT2D eigenvalue weighted by Gasteiger charge is -2.13. The molecule has 0 unspecified atom stereocenters. The molecule has 0 bridgehead atoms. The molecule has 0 fully saturated rings. The highest BCUT2D eigenvalue weighted by molar-refractivity contribution is 5.79. The van der Waals surface area contributed by atoms with E-state index in [9.17, 15) is 0 Å². The van der Waals surface area contributed by atoms with Gasteiger partial charge in [0, 0.05) is 6.54 Å². The Bertz CT molecular complexity index is 382. The van der Waals surface area contributed by atoms with Crippen LogP contribution in [0.5, 0.6) is 17.2 Å². The van der Waals surface area contributed by atoms with Crippen LogP contribution in [0.25, 0.3) is 0 Å². The zero-order valence-electron chi connectivity index (χ0n) is 9.32. The number of hydrogen-bond acceptors (Lipinski definition) is 5. The van der Waals surface area contributed by atoms with Crippen LogP contribution in [0.4, 0.5) is 0 Å². The van der Waals surface area contributed by atoms with Crippen molar-refractivity contribution in [3.05, 3.63) is 18.2 Å². The fourth-order valence-corrected chi connectivity index (χ4v) is 1.46. The van der Waals surface area contributed by atoms with Crippen molar-refractivity contribution in [2.45, 2.75) is 0 Å². The Kier molecular flexibility index (Phi) is 3.14. The van der Waals surface area contributed by atoms with Crippen molar-refractivity contribution in [2.75, 3.05) is 27.3 Å². The molecular weight excluding hydrogens is 208 g/mol. The molecule has 0 amide bonds. The minimum atomic E-state index is 0.503. The van der Waals surface area contributed by atoms with E-state index >= 15 is 0 Å². The van der Waals surface area contributed by atoms with Crippen molar-refractivity contribution >= 4 is 6.02 Å². The van der Waals surface area contributed by atoms with Gasteiger partial charge in [0.25, 0.3) is 6.02 Å². The first-order valence-corrected chi connectivity index (χ1v) is 5.02. The van der Waals surface area contributed by atoms with Gasteiger partial charge in [-0.15, -0.1) is 0 Å². The second kappa shape index (κ2) is 4.74. The first kappa shape index (κ1) is 10.6. The topological polar surface area (TPSA) is 52.1 Å². The number of hydrogen-bond donors (Lipinski definition) is 1. The lowest BCUT2D eigenvalue weighted by atomic mass is 10.3. The molecule has 1 aromatic rings. The van der Waals surface area contributed by atoms with Crippen LogP contribution in [0.15, 0.2) is 23.2 Å². The molecule has 1 aliphatic heterocycles. The van der Waals surface area contributed by atoms with E-state index in [4.69, 9.17) is 14.2 Å². The number of nitrogens with one attached hydrogen (secondary N) is 1. The van der Waals surface area contributed by atoms with E-state index in [2.05, 4.69) is 10.3 Å². The Hall–Kier alpha value is -1.91. The van der Waals surface area contributed by atoms with Crippen LogP contribution in [-0.2, 0) is 0 Å². The average Bonchev–Trinajstić information content (AvgIpc) is 2.82. The monoisotopic (exact) mass is 222 g/mol. The number of para-hydroxylation sites is 1. The molecule has 1 heterocycles. The van der Waals surface area contributed by atoms with Crippen LogP contribution in [0.2, 0.25) is 0 Å². The van der Waals surface area contributed by atoms with Gasteiger partial charge in [-0.3, -0.25) is 0 Å². The fourth-order valence-electron chi connectivity index (χ4n) is 1.46. The van der Waals surface area contributed by atoms with Crippen LogP contribution in [0.3, 0.4) is 0 Å². The fraction of sp³-hybridized carbons (Fsp3) is 0.364. The van der Waals surface area contributed by atoms with Gasteiger partial charge in [0.15, 0.2) is 11.5 Å². The van der Waals surface area contributed by atoms with Crippen molar-refractivity contribution in [3.8, 4) is 17.2 Å². The molecule has 0 radical (unpaired) electrons. The van der Waals surface area contributed by atoms with Crippen LogP contribution in [-0.4, -0.2) is 33.3 Å². The van der Waals surface area contributed by atoms with Crippen molar-refractivity contribution in [3.63, 3.8) is 0 Å². The molecule has 1 aromatic carbocycles. The highest BCUT2D eigenvalue weighted by Gasteiger charge is 2.15. The van der Waals surface area contributed by atoms with Crippen molar-refractivity contribution < 1.29 is 14.2 Å². The van der Waals surface area contributed by atoms with Crippen LogP contribution in [0, 0.1) is 0 Å². The summed E-state index contributed by atoms with van der Waals surface area (Å²) < 4.78 is 16.0. The Morgan fingerprint density at radius 2 is 1.88 bits per heavy atom. The summed E-state index contributed by atoms with van der Waals surface area (Å²) in [5.41, 5.74) is 0. The van der Waals surface area contributed by atoms with Gasteiger partial charge in [-0.2, -0.15) is 0 Å². The van der Waals surface area contributed by atoms with Crippen molar-refractivity contribution in [1.29, 1.82) is 0 Å². The highest BCUT2D eigenvalue weighted by atomic mass is 16.5. The zero-order valence-corrected chi connectivity index (χ0v) is 9.32. The number of aliphatic imine (C=N–C) groups is 1. The number of amidine groups is 1. The molecule has 0 aliphatic carbocycles. The maximum Gasteiger partial charge on any atom is 0.290 e. The predicted molar refractivity (Wildman–Crippen MR) is 60.5 cm³/mol. The minimum absolute atomic E-state index is 0.503. The SMILES string of the molecule is COc1cccc(OC)c1OC1=NCCN1. The Labute approximate surface area is 94.0 Å². The molecule has 1 aliphatic rings. The van der Waals surface area contributed by atoms with E-state index in [1.165, 1.54) is 0 Å². The molecule has 0 aromatic heterocycles. The van der Waals surface area contributed by atoms with Crippen molar-refractivity contribution in [1.82, 2.24) is 5.32 Å². The van der Waals surface area contributed by atoms with E-state index in [1.807, 2.05) is 18.2 Å². The molecule has 1 N–H and O–H groups in total. The van der Waals surface area contributed by atoms with E-state index in [0.29, 0.717) is 23.3 Å². The summed E-state index contributed by atoms with van der Waals surface area (Å²) in [5, 5.41) is 3.02. The van der Waals surface area contributed by atoms with E-state index in [0.717, 1.165) is 13.1 Å². The number of nitrogens with zero attached hydrogens (tertiary/aromatic N) is 1. The summed E-state index contributed by atoms with van der Waals surface area (Å²) in [6.45, 7) is 1.53. The van der Waals surface area contributed by atoms with Gasteiger partial charge < -0.3 is 19.5 Å². The third-order valence-electron chi connectivity index (χ3n) is 2.22. The van der Waals surface area contributed by atoms with Crippen LogP contribution < -0.4 is 19.5 Å². The van der Waals surface area contributed by atoms with E-state index < -0.39 is 0 Å². The molecule has 5 nitrogen and oxygen atoms in total. The lowest BCUT2D eigenvalue weighted by molar-refractivity contribution is 0.357. The maximum atomic E-state index is 5.61. The molecule has 0 atom stereocenters. The molecule has 0 spiro atoms. The van der Waals surface area contributed by atoms with Gasteiger partial charge in [0.2, 0.25) is 5.75 Å². The Morgan fingerprint density at radius 3 is 2.38 bits per heavy atom. The number of benzene rings is 1.